The zero-order valence-electron chi connectivity index (χ0n) is 11.7. The standard InChI is InChI=1S/C16H21NO3/c18-15(19)12-16(17-7-9-20-10-8-17)6-5-13-3-1-2-4-14(13)11-16/h1-4H,5-12H2,(H,18,19). The Morgan fingerprint density at radius 1 is 1.25 bits per heavy atom. The first-order chi connectivity index (χ1) is 9.70. The van der Waals surface area contributed by atoms with Crippen molar-refractivity contribution in [1.29, 1.82) is 0 Å². The molecule has 1 saturated heterocycles. The van der Waals surface area contributed by atoms with Crippen molar-refractivity contribution >= 4 is 5.97 Å². The molecule has 2 aliphatic rings. The molecule has 1 atom stereocenters. The molecule has 1 heterocycles. The average Bonchev–Trinajstić information content (AvgIpc) is 2.47. The van der Waals surface area contributed by atoms with Gasteiger partial charge in [0.05, 0.1) is 19.6 Å². The maximum atomic E-state index is 11.4. The molecule has 1 aromatic rings. The molecule has 1 unspecified atom stereocenters. The van der Waals surface area contributed by atoms with Gasteiger partial charge in [-0.2, -0.15) is 0 Å². The zero-order valence-corrected chi connectivity index (χ0v) is 11.7. The Balaban J connectivity index is 1.89. The van der Waals surface area contributed by atoms with Gasteiger partial charge in [0.15, 0.2) is 0 Å². The van der Waals surface area contributed by atoms with E-state index in [0.717, 1.165) is 32.4 Å². The number of fused-ring (bicyclic) bond motifs is 1. The van der Waals surface area contributed by atoms with Crippen molar-refractivity contribution in [2.24, 2.45) is 0 Å². The van der Waals surface area contributed by atoms with Crippen LogP contribution in [-0.4, -0.2) is 47.8 Å². The summed E-state index contributed by atoms with van der Waals surface area (Å²) in [6, 6.07) is 8.43. The maximum absolute atomic E-state index is 11.4. The molecular formula is C16H21NO3. The SMILES string of the molecule is O=C(O)CC1(N2CCOCC2)CCc2ccccc2C1. The predicted octanol–water partition coefficient (Wildman–Crippen LogP) is 1.72. The molecule has 4 nitrogen and oxygen atoms in total. The predicted molar refractivity (Wildman–Crippen MR) is 75.8 cm³/mol. The van der Waals surface area contributed by atoms with Crippen LogP contribution in [0.4, 0.5) is 0 Å². The van der Waals surface area contributed by atoms with E-state index in [4.69, 9.17) is 4.74 Å². The summed E-state index contributed by atoms with van der Waals surface area (Å²) in [6.07, 6.45) is 2.97. The summed E-state index contributed by atoms with van der Waals surface area (Å²) in [7, 11) is 0. The van der Waals surface area contributed by atoms with Gasteiger partial charge in [-0.05, 0) is 30.4 Å². The highest BCUT2D eigenvalue weighted by Crippen LogP contribution is 2.36. The zero-order chi connectivity index (χ0) is 14.0. The van der Waals surface area contributed by atoms with Gasteiger partial charge in [0.25, 0.3) is 0 Å². The second-order valence-corrected chi connectivity index (χ2v) is 5.84. The number of morpholine rings is 1. The quantitative estimate of drug-likeness (QED) is 0.912. The van der Waals surface area contributed by atoms with Gasteiger partial charge < -0.3 is 9.84 Å². The van der Waals surface area contributed by atoms with Crippen LogP contribution < -0.4 is 0 Å². The average molecular weight is 275 g/mol. The van der Waals surface area contributed by atoms with Gasteiger partial charge in [-0.25, -0.2) is 0 Å². The highest BCUT2D eigenvalue weighted by molar-refractivity contribution is 5.68. The number of aryl methyl sites for hydroxylation is 1. The fourth-order valence-electron chi connectivity index (χ4n) is 3.64. The summed E-state index contributed by atoms with van der Waals surface area (Å²) in [6.45, 7) is 3.11. The van der Waals surface area contributed by atoms with Crippen LogP contribution >= 0.6 is 0 Å². The summed E-state index contributed by atoms with van der Waals surface area (Å²) in [5.41, 5.74) is 2.46. The van der Waals surface area contributed by atoms with Crippen molar-refractivity contribution in [2.45, 2.75) is 31.2 Å². The van der Waals surface area contributed by atoms with Crippen molar-refractivity contribution in [3.05, 3.63) is 35.4 Å². The van der Waals surface area contributed by atoms with Gasteiger partial charge in [0.2, 0.25) is 0 Å². The van der Waals surface area contributed by atoms with Crippen molar-refractivity contribution in [1.82, 2.24) is 4.90 Å². The lowest BCUT2D eigenvalue weighted by atomic mass is 9.74. The van der Waals surface area contributed by atoms with Crippen molar-refractivity contribution in [3.63, 3.8) is 0 Å². The van der Waals surface area contributed by atoms with Gasteiger partial charge >= 0.3 is 5.97 Å². The van der Waals surface area contributed by atoms with Gasteiger partial charge in [0.1, 0.15) is 0 Å². The van der Waals surface area contributed by atoms with Gasteiger partial charge in [-0.15, -0.1) is 0 Å². The summed E-state index contributed by atoms with van der Waals surface area (Å²) in [5, 5.41) is 9.35. The molecule has 0 amide bonds. The van der Waals surface area contributed by atoms with Gasteiger partial charge in [-0.1, -0.05) is 24.3 Å². The molecule has 1 N–H and O–H groups in total. The molecule has 108 valence electrons. The van der Waals surface area contributed by atoms with Crippen LogP contribution in [0.2, 0.25) is 0 Å². The van der Waals surface area contributed by atoms with E-state index in [0.29, 0.717) is 13.2 Å². The number of carboxylic acid groups (broad SMARTS) is 1. The number of nitrogens with zero attached hydrogens (tertiary/aromatic N) is 1. The first kappa shape index (κ1) is 13.6. The van der Waals surface area contributed by atoms with Gasteiger partial charge in [-0.3, -0.25) is 9.69 Å². The molecule has 20 heavy (non-hydrogen) atoms. The molecule has 1 aliphatic carbocycles. The highest BCUT2D eigenvalue weighted by atomic mass is 16.5. The molecule has 0 bridgehead atoms. The molecule has 0 radical (unpaired) electrons. The van der Waals surface area contributed by atoms with E-state index >= 15 is 0 Å². The molecule has 4 heteroatoms. The van der Waals surface area contributed by atoms with Crippen LogP contribution in [0.1, 0.15) is 24.0 Å². The van der Waals surface area contributed by atoms with Crippen LogP contribution in [0.5, 0.6) is 0 Å². The van der Waals surface area contributed by atoms with Crippen LogP contribution in [0.25, 0.3) is 0 Å². The number of aliphatic carboxylic acids is 1. The number of ether oxygens (including phenoxy) is 1. The minimum atomic E-state index is -0.698. The molecule has 3 rings (SSSR count). The minimum Gasteiger partial charge on any atom is -0.481 e. The van der Waals surface area contributed by atoms with Crippen LogP contribution in [0, 0.1) is 0 Å². The fourth-order valence-corrected chi connectivity index (χ4v) is 3.64. The van der Waals surface area contributed by atoms with Crippen molar-refractivity contribution in [3.8, 4) is 0 Å². The van der Waals surface area contributed by atoms with E-state index in [9.17, 15) is 9.90 Å². The Morgan fingerprint density at radius 3 is 2.65 bits per heavy atom. The molecule has 0 saturated carbocycles. The smallest absolute Gasteiger partial charge is 0.305 e. The molecule has 1 aliphatic heterocycles. The Hall–Kier alpha value is -1.39. The Kier molecular flexibility index (Phi) is 3.76. The summed E-state index contributed by atoms with van der Waals surface area (Å²) in [5.74, 6) is -0.698. The summed E-state index contributed by atoms with van der Waals surface area (Å²) >= 11 is 0. The van der Waals surface area contributed by atoms with Crippen molar-refractivity contribution < 1.29 is 14.6 Å². The first-order valence-electron chi connectivity index (χ1n) is 7.31. The second-order valence-electron chi connectivity index (χ2n) is 5.84. The Bertz CT molecular complexity index is 496. The number of benzene rings is 1. The number of hydrogen-bond donors (Lipinski definition) is 1. The lowest BCUT2D eigenvalue weighted by Crippen LogP contribution is -2.57. The number of carbonyl (C=O) groups is 1. The second kappa shape index (κ2) is 5.54. The third-order valence-corrected chi connectivity index (χ3v) is 4.66. The molecule has 0 spiro atoms. The summed E-state index contributed by atoms with van der Waals surface area (Å²) < 4.78 is 5.42. The van der Waals surface area contributed by atoms with E-state index in [2.05, 4.69) is 29.2 Å². The Labute approximate surface area is 119 Å². The number of hydrogen-bond acceptors (Lipinski definition) is 3. The van der Waals surface area contributed by atoms with E-state index in [1.807, 2.05) is 0 Å². The summed E-state index contributed by atoms with van der Waals surface area (Å²) in [4.78, 5) is 13.7. The van der Waals surface area contributed by atoms with E-state index in [1.54, 1.807) is 0 Å². The molecule has 1 fully saturated rings. The first-order valence-corrected chi connectivity index (χ1v) is 7.31. The third kappa shape index (κ3) is 2.58. The number of rotatable bonds is 3. The van der Waals surface area contributed by atoms with E-state index in [-0.39, 0.29) is 12.0 Å². The lowest BCUT2D eigenvalue weighted by molar-refractivity contribution is -0.142. The molecule has 1 aromatic carbocycles. The van der Waals surface area contributed by atoms with Crippen LogP contribution in [-0.2, 0) is 22.4 Å². The largest absolute Gasteiger partial charge is 0.481 e. The fraction of sp³-hybridized carbons (Fsp3) is 0.562. The van der Waals surface area contributed by atoms with Gasteiger partial charge in [0, 0.05) is 18.6 Å². The Morgan fingerprint density at radius 2 is 1.95 bits per heavy atom. The minimum absolute atomic E-state index is 0.224. The molecule has 0 aromatic heterocycles. The van der Waals surface area contributed by atoms with Crippen LogP contribution in [0.3, 0.4) is 0 Å². The topological polar surface area (TPSA) is 49.8 Å². The monoisotopic (exact) mass is 275 g/mol. The molecular weight excluding hydrogens is 254 g/mol. The number of carboxylic acids is 1. The van der Waals surface area contributed by atoms with E-state index in [1.165, 1.54) is 11.1 Å². The lowest BCUT2D eigenvalue weighted by Gasteiger charge is -2.47. The highest BCUT2D eigenvalue weighted by Gasteiger charge is 2.41. The van der Waals surface area contributed by atoms with Crippen molar-refractivity contribution in [2.75, 3.05) is 26.3 Å². The third-order valence-electron chi connectivity index (χ3n) is 4.66. The normalized spacial score (nSPS) is 27.0. The van der Waals surface area contributed by atoms with E-state index < -0.39 is 5.97 Å². The van der Waals surface area contributed by atoms with Crippen LogP contribution in [0.15, 0.2) is 24.3 Å². The maximum Gasteiger partial charge on any atom is 0.305 e.